The zero-order valence-electron chi connectivity index (χ0n) is 18.2. The van der Waals surface area contributed by atoms with Gasteiger partial charge < -0.3 is 10.2 Å². The van der Waals surface area contributed by atoms with Gasteiger partial charge in [-0.1, -0.05) is 0 Å². The minimum absolute atomic E-state index is 0.0103. The number of hydrogen-bond acceptors (Lipinski definition) is 8. The van der Waals surface area contributed by atoms with E-state index in [9.17, 15) is 72.9 Å². The predicted molar refractivity (Wildman–Crippen MR) is 99.3 cm³/mol. The molecule has 0 bridgehead atoms. The first-order chi connectivity index (χ1) is 17.8. The van der Waals surface area contributed by atoms with E-state index in [1.165, 1.54) is 0 Å². The van der Waals surface area contributed by atoms with Crippen LogP contribution in [0.5, 0.6) is 11.5 Å². The largest absolute Gasteiger partial charge is 0.502 e. The molecule has 0 saturated carbocycles. The van der Waals surface area contributed by atoms with E-state index in [0.29, 0.717) is 0 Å². The lowest BCUT2D eigenvalue weighted by molar-refractivity contribution is -0.542. The van der Waals surface area contributed by atoms with Crippen LogP contribution in [0.2, 0.25) is 0 Å². The number of halogens is 12. The quantitative estimate of drug-likeness (QED) is 0.174. The fourth-order valence-corrected chi connectivity index (χ4v) is 2.63. The first-order valence-electron chi connectivity index (χ1n) is 9.44. The van der Waals surface area contributed by atoms with Crippen LogP contribution in [-0.4, -0.2) is 44.5 Å². The molecule has 0 spiro atoms. The fraction of sp³-hybridized carbons (Fsp3) is 0.333. The third kappa shape index (κ3) is 5.61. The molecular weight excluding hydrogens is 600 g/mol. The van der Waals surface area contributed by atoms with Crippen molar-refractivity contribution >= 4 is 11.4 Å². The van der Waals surface area contributed by atoms with Crippen molar-refractivity contribution in [3.05, 3.63) is 67.8 Å². The molecule has 0 aliphatic rings. The molecule has 0 radical (unpaired) electrons. The van der Waals surface area contributed by atoms with Crippen LogP contribution in [0, 0.1) is 20.2 Å². The second kappa shape index (κ2) is 9.83. The van der Waals surface area contributed by atoms with Crippen molar-refractivity contribution in [3.63, 3.8) is 0 Å². The summed E-state index contributed by atoms with van der Waals surface area (Å²) >= 11 is 0. The van der Waals surface area contributed by atoms with E-state index in [0.717, 1.165) is 0 Å². The number of alkyl halides is 12. The van der Waals surface area contributed by atoms with Crippen LogP contribution >= 0.6 is 0 Å². The maximum atomic E-state index is 14.2. The van der Waals surface area contributed by atoms with Crippen molar-refractivity contribution in [1.29, 1.82) is 0 Å². The standard InChI is InChI=1S/C18H8F12N2O8/c19-13(20,7-1-3-11(33)9(5-7)31(35)36)15(23,24)39-17(27,28)18(29,30)40-16(25,26)14(21,22)8-2-4-12(34)10(6-8)32(37)38/h1-6,33-34H. The van der Waals surface area contributed by atoms with Gasteiger partial charge in [0.1, 0.15) is 0 Å². The number of nitro benzene ring substituents is 2. The fourth-order valence-electron chi connectivity index (χ4n) is 2.63. The van der Waals surface area contributed by atoms with Gasteiger partial charge in [0, 0.05) is 23.3 Å². The number of hydrogen-bond donors (Lipinski definition) is 2. The summed E-state index contributed by atoms with van der Waals surface area (Å²) in [6.07, 6.45) is -28.3. The summed E-state index contributed by atoms with van der Waals surface area (Å²) in [6.45, 7) is 0. The number of phenols is 2. The van der Waals surface area contributed by atoms with Crippen molar-refractivity contribution in [2.24, 2.45) is 0 Å². The molecule has 10 nitrogen and oxygen atoms in total. The van der Waals surface area contributed by atoms with E-state index in [4.69, 9.17) is 10.2 Å². The molecule has 222 valence electrons. The topological polar surface area (TPSA) is 145 Å². The molecule has 2 N–H and O–H groups in total. The third-order valence-corrected chi connectivity index (χ3v) is 4.65. The van der Waals surface area contributed by atoms with Gasteiger partial charge in [0.05, 0.1) is 9.85 Å². The predicted octanol–water partition coefficient (Wildman–Crippen LogP) is 6.20. The number of ether oxygens (including phenoxy) is 2. The highest BCUT2D eigenvalue weighted by Crippen LogP contribution is 2.54. The second-order valence-corrected chi connectivity index (χ2v) is 7.34. The Bertz CT molecular complexity index is 1220. The Balaban J connectivity index is 2.42. The number of phenolic OH excluding ortho intramolecular Hbond substituents is 2. The number of benzene rings is 2. The SMILES string of the molecule is O=[N+]([O-])c1cc(C(F)(F)C(F)(F)OC(F)(F)C(F)(F)OC(F)(F)C(F)(F)c2ccc(O)c([N+](=O)[O-])c2)ccc1O. The van der Waals surface area contributed by atoms with Crippen molar-refractivity contribution in [1.82, 2.24) is 0 Å². The molecule has 0 saturated heterocycles. The smallest absolute Gasteiger partial charge is 0.453 e. The summed E-state index contributed by atoms with van der Waals surface area (Å²) in [7, 11) is 0. The maximum absolute atomic E-state index is 14.2. The van der Waals surface area contributed by atoms with Crippen LogP contribution in [-0.2, 0) is 21.3 Å². The molecule has 0 aliphatic heterocycles. The van der Waals surface area contributed by atoms with Crippen molar-refractivity contribution in [2.45, 2.75) is 36.3 Å². The highest BCUT2D eigenvalue weighted by molar-refractivity contribution is 5.49. The molecule has 0 aromatic heterocycles. The van der Waals surface area contributed by atoms with Crippen LogP contribution in [0.1, 0.15) is 11.1 Å². The van der Waals surface area contributed by atoms with Gasteiger partial charge in [0.2, 0.25) is 0 Å². The van der Waals surface area contributed by atoms with Gasteiger partial charge in [-0.05, 0) is 24.3 Å². The minimum atomic E-state index is -7.27. The summed E-state index contributed by atoms with van der Waals surface area (Å²) in [5.74, 6) is -15.2. The van der Waals surface area contributed by atoms with Crippen molar-refractivity contribution in [2.75, 3.05) is 0 Å². The highest BCUT2D eigenvalue weighted by Gasteiger charge is 2.75. The number of nitrogens with zero attached hydrogens (tertiary/aromatic N) is 2. The highest BCUT2D eigenvalue weighted by atomic mass is 19.4. The monoisotopic (exact) mass is 608 g/mol. The van der Waals surface area contributed by atoms with Crippen LogP contribution in [0.15, 0.2) is 36.4 Å². The Hall–Kier alpha value is -4.08. The molecular formula is C18H8F12N2O8. The lowest BCUT2D eigenvalue weighted by Crippen LogP contribution is -2.57. The van der Waals surface area contributed by atoms with Gasteiger partial charge in [-0.15, -0.1) is 0 Å². The lowest BCUT2D eigenvalue weighted by atomic mass is 10.1. The Morgan fingerprint density at radius 1 is 0.550 bits per heavy atom. The van der Waals surface area contributed by atoms with Gasteiger partial charge in [0.25, 0.3) is 0 Å². The first kappa shape index (κ1) is 32.1. The minimum Gasteiger partial charge on any atom is -0.502 e. The summed E-state index contributed by atoms with van der Waals surface area (Å²) in [5, 5.41) is 39.6. The zero-order chi connectivity index (χ0) is 31.3. The molecule has 22 heteroatoms. The number of rotatable bonds is 11. The summed E-state index contributed by atoms with van der Waals surface area (Å²) in [6, 6.07) is -1.49. The Morgan fingerprint density at radius 2 is 0.825 bits per heavy atom. The normalized spacial score (nSPS) is 13.8. The Morgan fingerprint density at radius 3 is 1.07 bits per heavy atom. The zero-order valence-corrected chi connectivity index (χ0v) is 18.2. The number of nitro groups is 2. The molecule has 2 aromatic carbocycles. The van der Waals surface area contributed by atoms with Crippen LogP contribution in [0.4, 0.5) is 64.1 Å². The Labute approximate surface area is 210 Å². The van der Waals surface area contributed by atoms with Crippen LogP contribution in [0.3, 0.4) is 0 Å². The van der Waals surface area contributed by atoms with E-state index in [-0.39, 0.29) is 24.3 Å². The maximum Gasteiger partial charge on any atom is 0.453 e. The summed E-state index contributed by atoms with van der Waals surface area (Å²) in [5.41, 5.74) is -8.00. The molecule has 2 aromatic rings. The summed E-state index contributed by atoms with van der Waals surface area (Å²) in [4.78, 5) is 18.1. The lowest BCUT2D eigenvalue weighted by Gasteiger charge is -2.35. The molecule has 0 unspecified atom stereocenters. The molecule has 2 rings (SSSR count). The molecule has 0 fully saturated rings. The number of aromatic hydroxyl groups is 2. The summed E-state index contributed by atoms with van der Waals surface area (Å²) < 4.78 is 172. The average Bonchev–Trinajstić information content (AvgIpc) is 2.77. The Kier molecular flexibility index (Phi) is 7.90. The van der Waals surface area contributed by atoms with E-state index >= 15 is 0 Å². The van der Waals surface area contributed by atoms with Crippen molar-refractivity contribution < 1.29 is 82.2 Å². The van der Waals surface area contributed by atoms with Gasteiger partial charge in [-0.2, -0.15) is 52.7 Å². The van der Waals surface area contributed by atoms with Crippen molar-refractivity contribution in [3.8, 4) is 11.5 Å². The van der Waals surface area contributed by atoms with Gasteiger partial charge in [-0.25, -0.2) is 9.47 Å². The third-order valence-electron chi connectivity index (χ3n) is 4.65. The molecule has 40 heavy (non-hydrogen) atoms. The first-order valence-corrected chi connectivity index (χ1v) is 9.44. The second-order valence-electron chi connectivity index (χ2n) is 7.34. The van der Waals surface area contributed by atoms with E-state index in [1.807, 2.05) is 9.47 Å². The average molecular weight is 608 g/mol. The van der Waals surface area contributed by atoms with Gasteiger partial charge in [0.15, 0.2) is 11.5 Å². The molecule has 0 amide bonds. The molecule has 0 atom stereocenters. The van der Waals surface area contributed by atoms with Crippen LogP contribution < -0.4 is 0 Å². The molecule has 0 heterocycles. The van der Waals surface area contributed by atoms with E-state index in [2.05, 4.69) is 0 Å². The van der Waals surface area contributed by atoms with E-state index in [1.54, 1.807) is 0 Å². The van der Waals surface area contributed by atoms with Gasteiger partial charge >= 0.3 is 47.7 Å². The molecule has 0 aliphatic carbocycles. The van der Waals surface area contributed by atoms with Gasteiger partial charge in [-0.3, -0.25) is 20.2 Å². The van der Waals surface area contributed by atoms with E-state index < -0.39 is 92.3 Å². The van der Waals surface area contributed by atoms with Crippen LogP contribution in [0.25, 0.3) is 0 Å².